The van der Waals surface area contributed by atoms with Gasteiger partial charge in [0.1, 0.15) is 5.75 Å². The van der Waals surface area contributed by atoms with Crippen molar-refractivity contribution in [1.82, 2.24) is 0 Å². The van der Waals surface area contributed by atoms with Crippen LogP contribution in [0, 0.1) is 16.0 Å². The first-order valence-corrected chi connectivity index (χ1v) is 7.96. The van der Waals surface area contributed by atoms with E-state index in [0.717, 1.165) is 18.2 Å². The third-order valence-corrected chi connectivity index (χ3v) is 4.37. The summed E-state index contributed by atoms with van der Waals surface area (Å²) < 4.78 is 5.35. The number of nitrogens with zero attached hydrogens (tertiary/aromatic N) is 2. The molecule has 1 aliphatic rings. The summed E-state index contributed by atoms with van der Waals surface area (Å²) in [6.07, 6.45) is 2.01. The fourth-order valence-electron chi connectivity index (χ4n) is 2.39. The van der Waals surface area contributed by atoms with E-state index in [9.17, 15) is 14.9 Å². The summed E-state index contributed by atoms with van der Waals surface area (Å²) in [5.41, 5.74) is 0.449. The third kappa shape index (κ3) is 3.53. The number of nitro benzene ring substituents is 1. The Hall–Kier alpha value is -1.63. The number of non-ortho nitro benzene ring substituents is 1. The molecule has 0 saturated carbocycles. The molecule has 0 aromatic heterocycles. The summed E-state index contributed by atoms with van der Waals surface area (Å²) in [4.78, 5) is 24.2. The second-order valence-corrected chi connectivity index (χ2v) is 5.66. The Kier molecular flexibility index (Phi) is 5.17. The van der Waals surface area contributed by atoms with Crippen molar-refractivity contribution in [2.75, 3.05) is 23.4 Å². The highest BCUT2D eigenvalue weighted by molar-refractivity contribution is 9.09. The SMILES string of the molecule is CCCC(CBr)CN1C(=O)COc2ccc([N+](=O)[O-])cc21. The molecule has 0 spiro atoms. The smallest absolute Gasteiger partial charge is 0.271 e. The van der Waals surface area contributed by atoms with Crippen LogP contribution < -0.4 is 9.64 Å². The number of fused-ring (bicyclic) bond motifs is 1. The van der Waals surface area contributed by atoms with Crippen molar-refractivity contribution in [2.45, 2.75) is 19.8 Å². The molecule has 2 rings (SSSR count). The van der Waals surface area contributed by atoms with Gasteiger partial charge in [0.2, 0.25) is 0 Å². The molecule has 114 valence electrons. The highest BCUT2D eigenvalue weighted by Crippen LogP contribution is 2.36. The van der Waals surface area contributed by atoms with Crippen LogP contribution in [0.25, 0.3) is 0 Å². The molecule has 0 fully saturated rings. The van der Waals surface area contributed by atoms with Crippen LogP contribution in [-0.2, 0) is 4.79 Å². The maximum absolute atomic E-state index is 12.1. The van der Waals surface area contributed by atoms with E-state index in [2.05, 4.69) is 22.9 Å². The Morgan fingerprint density at radius 1 is 1.52 bits per heavy atom. The van der Waals surface area contributed by atoms with Crippen molar-refractivity contribution < 1.29 is 14.5 Å². The maximum atomic E-state index is 12.1. The molecule has 1 heterocycles. The van der Waals surface area contributed by atoms with Crippen molar-refractivity contribution in [3.63, 3.8) is 0 Å². The van der Waals surface area contributed by atoms with E-state index in [-0.39, 0.29) is 18.2 Å². The van der Waals surface area contributed by atoms with Gasteiger partial charge in [-0.2, -0.15) is 0 Å². The zero-order valence-corrected chi connectivity index (χ0v) is 13.3. The molecule has 0 saturated heterocycles. The molecule has 1 unspecified atom stereocenters. The normalized spacial score (nSPS) is 15.3. The number of halogens is 1. The third-order valence-electron chi connectivity index (χ3n) is 3.45. The molecule has 1 aromatic carbocycles. The molecule has 7 heteroatoms. The Morgan fingerprint density at radius 2 is 2.29 bits per heavy atom. The Labute approximate surface area is 131 Å². The van der Waals surface area contributed by atoms with E-state index < -0.39 is 4.92 Å². The van der Waals surface area contributed by atoms with Crippen molar-refractivity contribution in [2.24, 2.45) is 5.92 Å². The fourth-order valence-corrected chi connectivity index (χ4v) is 2.92. The zero-order valence-electron chi connectivity index (χ0n) is 11.8. The lowest BCUT2D eigenvalue weighted by molar-refractivity contribution is -0.384. The Balaban J connectivity index is 2.31. The molecule has 1 aromatic rings. The second kappa shape index (κ2) is 6.89. The average Bonchev–Trinajstić information content (AvgIpc) is 2.48. The molecular formula is C14H17BrN2O4. The molecule has 1 aliphatic heterocycles. The van der Waals surface area contributed by atoms with Crippen molar-refractivity contribution in [1.29, 1.82) is 0 Å². The van der Waals surface area contributed by atoms with Crippen LogP contribution in [-0.4, -0.2) is 29.3 Å². The largest absolute Gasteiger partial charge is 0.482 e. The van der Waals surface area contributed by atoms with Gasteiger partial charge in [0, 0.05) is 24.0 Å². The van der Waals surface area contributed by atoms with E-state index >= 15 is 0 Å². The number of hydrogen-bond acceptors (Lipinski definition) is 4. The number of amides is 1. The lowest BCUT2D eigenvalue weighted by atomic mass is 10.0. The first-order valence-electron chi connectivity index (χ1n) is 6.84. The number of carbonyl (C=O) groups is 1. The predicted octanol–water partition coefficient (Wildman–Crippen LogP) is 3.13. The summed E-state index contributed by atoms with van der Waals surface area (Å²) in [5, 5.41) is 11.7. The lowest BCUT2D eigenvalue weighted by Crippen LogP contribution is -2.42. The van der Waals surface area contributed by atoms with Crippen LogP contribution in [0.15, 0.2) is 18.2 Å². The van der Waals surface area contributed by atoms with Gasteiger partial charge < -0.3 is 9.64 Å². The van der Waals surface area contributed by atoms with Gasteiger partial charge in [0.05, 0.1) is 10.6 Å². The van der Waals surface area contributed by atoms with E-state index in [0.29, 0.717) is 23.9 Å². The average molecular weight is 357 g/mol. The van der Waals surface area contributed by atoms with E-state index in [1.165, 1.54) is 12.1 Å². The maximum Gasteiger partial charge on any atom is 0.271 e. The van der Waals surface area contributed by atoms with Crippen molar-refractivity contribution in [3.05, 3.63) is 28.3 Å². The minimum absolute atomic E-state index is 0.0219. The number of anilines is 1. The number of ether oxygens (including phenoxy) is 1. The molecular weight excluding hydrogens is 340 g/mol. The standard InChI is InChI=1S/C14H17BrN2O4/c1-2-3-10(7-15)8-16-12-6-11(17(19)20)4-5-13(12)21-9-14(16)18/h4-6,10H,2-3,7-9H2,1H3. The summed E-state index contributed by atoms with van der Waals surface area (Å²) >= 11 is 3.46. The monoisotopic (exact) mass is 356 g/mol. The number of hydrogen-bond donors (Lipinski definition) is 0. The molecule has 1 amide bonds. The zero-order chi connectivity index (χ0) is 15.4. The molecule has 1 atom stereocenters. The highest BCUT2D eigenvalue weighted by atomic mass is 79.9. The number of alkyl halides is 1. The summed E-state index contributed by atoms with van der Waals surface area (Å²) in [7, 11) is 0. The number of rotatable bonds is 6. The fraction of sp³-hybridized carbons (Fsp3) is 0.500. The van der Waals surface area contributed by atoms with Crippen LogP contribution >= 0.6 is 15.9 Å². The van der Waals surface area contributed by atoms with E-state index in [1.54, 1.807) is 11.0 Å². The van der Waals surface area contributed by atoms with Crippen LogP contribution in [0.4, 0.5) is 11.4 Å². The van der Waals surface area contributed by atoms with Crippen LogP contribution in [0.3, 0.4) is 0 Å². The van der Waals surface area contributed by atoms with Crippen LogP contribution in [0.1, 0.15) is 19.8 Å². The quantitative estimate of drug-likeness (QED) is 0.445. The van der Waals surface area contributed by atoms with Gasteiger partial charge in [-0.15, -0.1) is 0 Å². The minimum Gasteiger partial charge on any atom is -0.482 e. The Bertz CT molecular complexity index is 550. The first-order chi connectivity index (χ1) is 10.1. The lowest BCUT2D eigenvalue weighted by Gasteiger charge is -2.31. The second-order valence-electron chi connectivity index (χ2n) is 5.01. The number of benzene rings is 1. The molecule has 21 heavy (non-hydrogen) atoms. The van der Waals surface area contributed by atoms with E-state index in [4.69, 9.17) is 4.74 Å². The molecule has 0 aliphatic carbocycles. The molecule has 0 N–H and O–H groups in total. The van der Waals surface area contributed by atoms with Gasteiger partial charge in [-0.25, -0.2) is 0 Å². The molecule has 0 bridgehead atoms. The van der Waals surface area contributed by atoms with Gasteiger partial charge in [-0.05, 0) is 18.4 Å². The highest BCUT2D eigenvalue weighted by Gasteiger charge is 2.29. The molecule has 6 nitrogen and oxygen atoms in total. The summed E-state index contributed by atoms with van der Waals surface area (Å²) in [5.74, 6) is 0.666. The molecule has 0 radical (unpaired) electrons. The van der Waals surface area contributed by atoms with Crippen molar-refractivity contribution in [3.8, 4) is 5.75 Å². The topological polar surface area (TPSA) is 72.7 Å². The summed E-state index contributed by atoms with van der Waals surface area (Å²) in [6.45, 7) is 2.61. The van der Waals surface area contributed by atoms with Gasteiger partial charge in [-0.1, -0.05) is 29.3 Å². The number of nitro groups is 1. The predicted molar refractivity (Wildman–Crippen MR) is 83.1 cm³/mol. The number of carbonyl (C=O) groups excluding carboxylic acids is 1. The first kappa shape index (κ1) is 15.8. The van der Waals surface area contributed by atoms with Crippen LogP contribution in [0.2, 0.25) is 0 Å². The van der Waals surface area contributed by atoms with Gasteiger partial charge >= 0.3 is 0 Å². The Morgan fingerprint density at radius 3 is 2.90 bits per heavy atom. The summed E-state index contributed by atoms with van der Waals surface area (Å²) in [6, 6.07) is 4.35. The van der Waals surface area contributed by atoms with Crippen molar-refractivity contribution >= 4 is 33.2 Å². The minimum atomic E-state index is -0.467. The van der Waals surface area contributed by atoms with Crippen LogP contribution in [0.5, 0.6) is 5.75 Å². The van der Waals surface area contributed by atoms with E-state index in [1.807, 2.05) is 0 Å². The van der Waals surface area contributed by atoms with Gasteiger partial charge in [0.15, 0.2) is 6.61 Å². The van der Waals surface area contributed by atoms with Gasteiger partial charge in [-0.3, -0.25) is 14.9 Å². The van der Waals surface area contributed by atoms with Gasteiger partial charge in [0.25, 0.3) is 11.6 Å².